The lowest BCUT2D eigenvalue weighted by molar-refractivity contribution is -0.115. The van der Waals surface area contributed by atoms with Crippen molar-refractivity contribution in [2.45, 2.75) is 51.9 Å². The molecule has 0 fully saturated rings. The third-order valence-electron chi connectivity index (χ3n) is 3.81. The van der Waals surface area contributed by atoms with Crippen LogP contribution in [-0.2, 0) is 11.2 Å². The first-order valence-corrected chi connectivity index (χ1v) is 7.91. The molecule has 0 saturated carbocycles. The molecule has 114 valence electrons. The molecule has 0 aliphatic carbocycles. The summed E-state index contributed by atoms with van der Waals surface area (Å²) in [5.74, 6) is -0.0552. The molecule has 4 heteroatoms. The van der Waals surface area contributed by atoms with E-state index in [1.807, 2.05) is 6.07 Å². The zero-order valence-electron chi connectivity index (χ0n) is 12.7. The number of carbonyl (C=O) groups excluding carboxylic acids is 2. The van der Waals surface area contributed by atoms with Crippen molar-refractivity contribution in [2.24, 2.45) is 0 Å². The van der Waals surface area contributed by atoms with Crippen molar-refractivity contribution in [2.75, 3.05) is 11.9 Å². The summed E-state index contributed by atoms with van der Waals surface area (Å²) in [6.07, 6.45) is 7.66. The smallest absolute Gasteiger partial charge is 0.251 e. The van der Waals surface area contributed by atoms with Crippen LogP contribution in [0.2, 0.25) is 0 Å². The van der Waals surface area contributed by atoms with Crippen LogP contribution < -0.4 is 10.6 Å². The van der Waals surface area contributed by atoms with Gasteiger partial charge in [-0.3, -0.25) is 9.59 Å². The zero-order valence-corrected chi connectivity index (χ0v) is 12.7. The van der Waals surface area contributed by atoms with Gasteiger partial charge in [0.2, 0.25) is 5.91 Å². The van der Waals surface area contributed by atoms with Crippen LogP contribution in [0.25, 0.3) is 0 Å². The number of hydrogen-bond acceptors (Lipinski definition) is 2. The summed E-state index contributed by atoms with van der Waals surface area (Å²) in [6, 6.07) is 5.38. The fourth-order valence-corrected chi connectivity index (χ4v) is 2.58. The number of anilines is 1. The summed E-state index contributed by atoms with van der Waals surface area (Å²) in [4.78, 5) is 23.3. The summed E-state index contributed by atoms with van der Waals surface area (Å²) in [5.41, 5.74) is 2.37. The average molecular weight is 288 g/mol. The maximum Gasteiger partial charge on any atom is 0.251 e. The van der Waals surface area contributed by atoms with E-state index < -0.39 is 0 Å². The van der Waals surface area contributed by atoms with Gasteiger partial charge in [-0.15, -0.1) is 0 Å². The number of carbonyl (C=O) groups is 2. The highest BCUT2D eigenvalue weighted by atomic mass is 16.2. The van der Waals surface area contributed by atoms with Gasteiger partial charge >= 0.3 is 0 Å². The number of hydrogen-bond donors (Lipinski definition) is 2. The van der Waals surface area contributed by atoms with Crippen LogP contribution in [0, 0.1) is 0 Å². The molecule has 2 N–H and O–H groups in total. The van der Waals surface area contributed by atoms with E-state index in [0.29, 0.717) is 12.0 Å². The Morgan fingerprint density at radius 1 is 1.19 bits per heavy atom. The van der Waals surface area contributed by atoms with Crippen molar-refractivity contribution < 1.29 is 9.59 Å². The van der Waals surface area contributed by atoms with E-state index in [0.717, 1.165) is 24.2 Å². The third kappa shape index (κ3) is 4.59. The topological polar surface area (TPSA) is 58.2 Å². The molecule has 1 aliphatic heterocycles. The summed E-state index contributed by atoms with van der Waals surface area (Å²) in [5, 5.41) is 5.72. The summed E-state index contributed by atoms with van der Waals surface area (Å²) < 4.78 is 0. The fourth-order valence-electron chi connectivity index (χ4n) is 2.58. The van der Waals surface area contributed by atoms with Crippen molar-refractivity contribution in [3.8, 4) is 0 Å². The van der Waals surface area contributed by atoms with Gasteiger partial charge in [-0.1, -0.05) is 39.0 Å². The summed E-state index contributed by atoms with van der Waals surface area (Å²) >= 11 is 0. The van der Waals surface area contributed by atoms with Crippen LogP contribution in [0.3, 0.4) is 0 Å². The predicted molar refractivity (Wildman–Crippen MR) is 84.5 cm³/mol. The lowest BCUT2D eigenvalue weighted by atomic mass is 10.1. The van der Waals surface area contributed by atoms with E-state index in [1.165, 1.54) is 32.1 Å². The van der Waals surface area contributed by atoms with Gasteiger partial charge in [0.15, 0.2) is 0 Å². The summed E-state index contributed by atoms with van der Waals surface area (Å²) in [6.45, 7) is 2.93. The minimum absolute atomic E-state index is 0.00497. The van der Waals surface area contributed by atoms with E-state index >= 15 is 0 Å². The molecule has 0 radical (unpaired) electrons. The fraction of sp³-hybridized carbons (Fsp3) is 0.529. The Kier molecular flexibility index (Phi) is 5.78. The van der Waals surface area contributed by atoms with Crippen molar-refractivity contribution in [3.63, 3.8) is 0 Å². The minimum atomic E-state index is -0.0503. The molecule has 0 atom stereocenters. The Labute approximate surface area is 126 Å². The lowest BCUT2D eigenvalue weighted by Crippen LogP contribution is -2.24. The van der Waals surface area contributed by atoms with E-state index in [-0.39, 0.29) is 11.8 Å². The number of fused-ring (bicyclic) bond motifs is 1. The zero-order chi connectivity index (χ0) is 15.1. The molecule has 1 aromatic rings. The molecule has 0 spiro atoms. The van der Waals surface area contributed by atoms with E-state index in [4.69, 9.17) is 0 Å². The van der Waals surface area contributed by atoms with Gasteiger partial charge in [-0.2, -0.15) is 0 Å². The Morgan fingerprint density at radius 2 is 1.95 bits per heavy atom. The Balaban J connectivity index is 1.72. The molecule has 2 rings (SSSR count). The third-order valence-corrected chi connectivity index (χ3v) is 3.81. The van der Waals surface area contributed by atoms with Crippen LogP contribution >= 0.6 is 0 Å². The monoisotopic (exact) mass is 288 g/mol. The average Bonchev–Trinajstić information content (AvgIpc) is 2.85. The number of amides is 2. The van der Waals surface area contributed by atoms with Crippen LogP contribution in [-0.4, -0.2) is 18.4 Å². The molecular weight excluding hydrogens is 264 g/mol. The Bertz CT molecular complexity index is 512. The maximum atomic E-state index is 12.0. The highest BCUT2D eigenvalue weighted by Crippen LogP contribution is 2.23. The van der Waals surface area contributed by atoms with Crippen molar-refractivity contribution in [1.29, 1.82) is 0 Å². The number of unbranched alkanes of at least 4 members (excludes halogenated alkanes) is 5. The van der Waals surface area contributed by atoms with Gasteiger partial charge in [0.1, 0.15) is 0 Å². The van der Waals surface area contributed by atoms with Crippen molar-refractivity contribution in [3.05, 3.63) is 29.3 Å². The molecule has 0 aromatic heterocycles. The predicted octanol–water partition coefficient (Wildman–Crippen LogP) is 3.27. The van der Waals surface area contributed by atoms with Crippen molar-refractivity contribution in [1.82, 2.24) is 5.32 Å². The SMILES string of the molecule is CCCCCCCCNC(=O)c1ccc2c(c1)CC(=O)N2. The Hall–Kier alpha value is -1.84. The molecule has 1 aromatic carbocycles. The lowest BCUT2D eigenvalue weighted by Gasteiger charge is -2.06. The normalized spacial score (nSPS) is 12.9. The van der Waals surface area contributed by atoms with E-state index in [2.05, 4.69) is 17.6 Å². The van der Waals surface area contributed by atoms with Gasteiger partial charge in [0, 0.05) is 17.8 Å². The highest BCUT2D eigenvalue weighted by molar-refractivity contribution is 6.01. The van der Waals surface area contributed by atoms with Crippen LogP contribution in [0.4, 0.5) is 5.69 Å². The van der Waals surface area contributed by atoms with Gasteiger partial charge < -0.3 is 10.6 Å². The second-order valence-electron chi connectivity index (χ2n) is 5.62. The molecule has 0 bridgehead atoms. The van der Waals surface area contributed by atoms with Crippen molar-refractivity contribution >= 4 is 17.5 Å². The van der Waals surface area contributed by atoms with Gasteiger partial charge in [0.05, 0.1) is 6.42 Å². The minimum Gasteiger partial charge on any atom is -0.352 e. The summed E-state index contributed by atoms with van der Waals surface area (Å²) in [7, 11) is 0. The molecule has 2 amide bonds. The first-order valence-electron chi connectivity index (χ1n) is 7.91. The molecule has 4 nitrogen and oxygen atoms in total. The Morgan fingerprint density at radius 3 is 2.76 bits per heavy atom. The second kappa shape index (κ2) is 7.81. The van der Waals surface area contributed by atoms with Gasteiger partial charge in [0.25, 0.3) is 5.91 Å². The molecule has 1 aliphatic rings. The van der Waals surface area contributed by atoms with E-state index in [1.54, 1.807) is 12.1 Å². The number of rotatable bonds is 8. The maximum absolute atomic E-state index is 12.0. The largest absolute Gasteiger partial charge is 0.352 e. The molecule has 0 unspecified atom stereocenters. The van der Waals surface area contributed by atoms with Crippen LogP contribution in [0.15, 0.2) is 18.2 Å². The number of benzene rings is 1. The van der Waals surface area contributed by atoms with E-state index in [9.17, 15) is 9.59 Å². The molecule has 0 saturated heterocycles. The standard InChI is InChI=1S/C17H24N2O2/c1-2-3-4-5-6-7-10-18-17(21)13-8-9-15-14(11-13)12-16(20)19-15/h8-9,11H,2-7,10,12H2,1H3,(H,18,21)(H,19,20). The second-order valence-corrected chi connectivity index (χ2v) is 5.62. The number of nitrogens with one attached hydrogen (secondary N) is 2. The first-order chi connectivity index (χ1) is 10.2. The highest BCUT2D eigenvalue weighted by Gasteiger charge is 2.18. The molecule has 21 heavy (non-hydrogen) atoms. The van der Waals surface area contributed by atoms with Crippen LogP contribution in [0.5, 0.6) is 0 Å². The molecular formula is C17H24N2O2. The quantitative estimate of drug-likeness (QED) is 0.721. The first kappa shape index (κ1) is 15.5. The van der Waals surface area contributed by atoms with Crippen LogP contribution in [0.1, 0.15) is 61.4 Å². The van der Waals surface area contributed by atoms with Gasteiger partial charge in [-0.25, -0.2) is 0 Å². The van der Waals surface area contributed by atoms with Gasteiger partial charge in [-0.05, 0) is 30.2 Å². The molecule has 1 heterocycles.